The first-order valence-corrected chi connectivity index (χ1v) is 6.94. The summed E-state index contributed by atoms with van der Waals surface area (Å²) in [6, 6.07) is 4.00. The molecule has 0 radical (unpaired) electrons. The summed E-state index contributed by atoms with van der Waals surface area (Å²) in [4.78, 5) is 5.51. The first-order valence-electron chi connectivity index (χ1n) is 6.06. The predicted octanol–water partition coefficient (Wildman–Crippen LogP) is 3.56. The molecule has 2 nitrogen and oxygen atoms in total. The average Bonchev–Trinajstić information content (AvgIpc) is 2.31. The van der Waals surface area contributed by atoms with Crippen LogP contribution in [0.4, 0.5) is 0 Å². The van der Waals surface area contributed by atoms with Gasteiger partial charge in [-0.25, -0.2) is 0 Å². The molecular weight excluding hydrogens is 218 g/mol. The van der Waals surface area contributed by atoms with Crippen LogP contribution in [0.15, 0.2) is 23.2 Å². The smallest absolute Gasteiger partial charge is 0.0931 e. The summed E-state index contributed by atoms with van der Waals surface area (Å²) in [7, 11) is 0. The summed E-state index contributed by atoms with van der Waals surface area (Å²) < 4.78 is 0. The van der Waals surface area contributed by atoms with Crippen LogP contribution in [0.3, 0.4) is 0 Å². The number of nitrogens with zero attached hydrogens (tertiary/aromatic N) is 1. The molecule has 2 rings (SSSR count). The van der Waals surface area contributed by atoms with Crippen molar-refractivity contribution < 1.29 is 5.11 Å². The molecule has 1 N–H and O–H groups in total. The van der Waals surface area contributed by atoms with Crippen molar-refractivity contribution in [1.82, 2.24) is 4.98 Å². The number of pyridine rings is 1. The Hall–Kier alpha value is -0.540. The Morgan fingerprint density at radius 2 is 2.06 bits per heavy atom. The predicted molar refractivity (Wildman–Crippen MR) is 67.6 cm³/mol. The number of aliphatic hydroxyl groups excluding tert-OH is 1. The highest BCUT2D eigenvalue weighted by atomic mass is 32.2. The first kappa shape index (κ1) is 11.9. The van der Waals surface area contributed by atoms with Gasteiger partial charge in [0.2, 0.25) is 0 Å². The maximum absolute atomic E-state index is 9.37. The van der Waals surface area contributed by atoms with E-state index in [-0.39, 0.29) is 0 Å². The van der Waals surface area contributed by atoms with E-state index in [4.69, 9.17) is 0 Å². The van der Waals surface area contributed by atoms with Gasteiger partial charge in [-0.1, -0.05) is 19.3 Å². The van der Waals surface area contributed by atoms with Gasteiger partial charge in [-0.3, -0.25) is 4.98 Å². The van der Waals surface area contributed by atoms with Crippen molar-refractivity contribution in [3.63, 3.8) is 0 Å². The summed E-state index contributed by atoms with van der Waals surface area (Å²) in [6.07, 6.45) is 8.24. The van der Waals surface area contributed by atoms with Gasteiger partial charge < -0.3 is 5.11 Å². The molecule has 1 aromatic heterocycles. The lowest BCUT2D eigenvalue weighted by molar-refractivity contribution is 0.194. The van der Waals surface area contributed by atoms with Crippen molar-refractivity contribution in [2.24, 2.45) is 0 Å². The van der Waals surface area contributed by atoms with E-state index in [2.05, 4.69) is 11.1 Å². The van der Waals surface area contributed by atoms with Crippen molar-refractivity contribution in [2.45, 2.75) is 55.3 Å². The van der Waals surface area contributed by atoms with Crippen LogP contribution in [0.25, 0.3) is 0 Å². The molecule has 1 fully saturated rings. The normalized spacial score (nSPS) is 19.6. The van der Waals surface area contributed by atoms with E-state index < -0.39 is 6.10 Å². The highest BCUT2D eigenvalue weighted by molar-refractivity contribution is 8.00. The van der Waals surface area contributed by atoms with Gasteiger partial charge in [0, 0.05) is 16.3 Å². The Kier molecular flexibility index (Phi) is 4.24. The summed E-state index contributed by atoms with van der Waals surface area (Å²) in [5, 5.41) is 10.1. The quantitative estimate of drug-likeness (QED) is 0.872. The third-order valence-electron chi connectivity index (χ3n) is 3.04. The number of rotatable bonds is 3. The Bertz CT molecular complexity index is 317. The maximum Gasteiger partial charge on any atom is 0.0931 e. The zero-order valence-corrected chi connectivity index (χ0v) is 10.5. The fourth-order valence-corrected chi connectivity index (χ4v) is 3.30. The van der Waals surface area contributed by atoms with Crippen molar-refractivity contribution in [2.75, 3.05) is 0 Å². The van der Waals surface area contributed by atoms with Crippen molar-refractivity contribution in [1.29, 1.82) is 0 Å². The van der Waals surface area contributed by atoms with E-state index in [1.54, 1.807) is 6.92 Å². The van der Waals surface area contributed by atoms with Gasteiger partial charge in [-0.2, -0.15) is 0 Å². The molecule has 1 heterocycles. The third kappa shape index (κ3) is 3.22. The lowest BCUT2D eigenvalue weighted by Gasteiger charge is -2.20. The topological polar surface area (TPSA) is 33.1 Å². The van der Waals surface area contributed by atoms with E-state index in [1.165, 1.54) is 37.0 Å². The van der Waals surface area contributed by atoms with Crippen molar-refractivity contribution in [3.05, 3.63) is 24.0 Å². The Morgan fingerprint density at radius 3 is 2.62 bits per heavy atom. The second kappa shape index (κ2) is 5.69. The molecule has 1 atom stereocenters. The van der Waals surface area contributed by atoms with Crippen molar-refractivity contribution >= 4 is 11.8 Å². The number of hydrogen-bond donors (Lipinski definition) is 1. The van der Waals surface area contributed by atoms with Crippen molar-refractivity contribution in [3.8, 4) is 0 Å². The van der Waals surface area contributed by atoms with E-state index >= 15 is 0 Å². The minimum atomic E-state index is -0.464. The van der Waals surface area contributed by atoms with Gasteiger partial charge in [-0.15, -0.1) is 11.8 Å². The zero-order chi connectivity index (χ0) is 11.4. The second-order valence-electron chi connectivity index (χ2n) is 4.47. The Morgan fingerprint density at radius 1 is 1.31 bits per heavy atom. The minimum absolute atomic E-state index is 0.464. The van der Waals surface area contributed by atoms with E-state index in [9.17, 15) is 5.11 Å². The molecule has 88 valence electrons. The first-order chi connectivity index (χ1) is 7.75. The fraction of sp³-hybridized carbons (Fsp3) is 0.615. The number of aromatic nitrogens is 1. The molecule has 1 unspecified atom stereocenters. The largest absolute Gasteiger partial charge is 0.387 e. The Balaban J connectivity index is 1.93. The van der Waals surface area contributed by atoms with Gasteiger partial charge in [0.15, 0.2) is 0 Å². The zero-order valence-electron chi connectivity index (χ0n) is 9.72. The summed E-state index contributed by atoms with van der Waals surface area (Å²) >= 11 is 1.94. The van der Waals surface area contributed by atoms with Crippen LogP contribution in [-0.2, 0) is 0 Å². The molecule has 0 amide bonds. The average molecular weight is 237 g/mol. The highest BCUT2D eigenvalue weighted by Gasteiger charge is 2.14. The Labute approximate surface area is 101 Å². The SMILES string of the molecule is CC(O)c1ccc(SC2CCCCC2)cn1. The van der Waals surface area contributed by atoms with Crippen LogP contribution in [-0.4, -0.2) is 15.3 Å². The lowest BCUT2D eigenvalue weighted by Crippen LogP contribution is -2.07. The van der Waals surface area contributed by atoms with E-state index in [0.29, 0.717) is 0 Å². The van der Waals surface area contributed by atoms with Gasteiger partial charge in [0.25, 0.3) is 0 Å². The molecule has 0 bridgehead atoms. The molecule has 0 spiro atoms. The van der Waals surface area contributed by atoms with Crippen LogP contribution < -0.4 is 0 Å². The molecule has 0 saturated heterocycles. The second-order valence-corrected chi connectivity index (χ2v) is 5.85. The summed E-state index contributed by atoms with van der Waals surface area (Å²) in [6.45, 7) is 1.75. The molecule has 1 aromatic rings. The molecule has 1 aliphatic rings. The molecular formula is C13H19NOS. The number of aliphatic hydroxyl groups is 1. The van der Waals surface area contributed by atoms with Gasteiger partial charge >= 0.3 is 0 Å². The van der Waals surface area contributed by atoms with Crippen LogP contribution >= 0.6 is 11.8 Å². The summed E-state index contributed by atoms with van der Waals surface area (Å²) in [5.74, 6) is 0. The minimum Gasteiger partial charge on any atom is -0.387 e. The maximum atomic E-state index is 9.37. The van der Waals surface area contributed by atoms with Crippen LogP contribution in [0.5, 0.6) is 0 Å². The van der Waals surface area contributed by atoms with Crippen LogP contribution in [0.1, 0.15) is 50.8 Å². The lowest BCUT2D eigenvalue weighted by atomic mass is 10.0. The molecule has 3 heteroatoms. The van der Waals surface area contributed by atoms with Gasteiger partial charge in [0.05, 0.1) is 11.8 Å². The molecule has 0 aromatic carbocycles. The summed E-state index contributed by atoms with van der Waals surface area (Å²) in [5.41, 5.74) is 0.757. The van der Waals surface area contributed by atoms with Crippen LogP contribution in [0.2, 0.25) is 0 Å². The van der Waals surface area contributed by atoms with Gasteiger partial charge in [0.1, 0.15) is 0 Å². The third-order valence-corrected chi connectivity index (χ3v) is 4.36. The molecule has 1 aliphatic carbocycles. The highest BCUT2D eigenvalue weighted by Crippen LogP contribution is 2.33. The molecule has 0 aliphatic heterocycles. The van der Waals surface area contributed by atoms with E-state index in [0.717, 1.165) is 10.9 Å². The fourth-order valence-electron chi connectivity index (χ4n) is 2.08. The standard InChI is InChI=1S/C13H19NOS/c1-10(15)13-8-7-12(9-14-13)16-11-5-3-2-4-6-11/h7-11,15H,2-6H2,1H3. The molecule has 1 saturated carbocycles. The monoisotopic (exact) mass is 237 g/mol. The molecule has 16 heavy (non-hydrogen) atoms. The van der Waals surface area contributed by atoms with Gasteiger partial charge in [-0.05, 0) is 31.9 Å². The number of thioether (sulfide) groups is 1. The number of hydrogen-bond acceptors (Lipinski definition) is 3. The van der Waals surface area contributed by atoms with Crippen LogP contribution in [0, 0.1) is 0 Å². The van der Waals surface area contributed by atoms with E-state index in [1.807, 2.05) is 24.0 Å².